The lowest BCUT2D eigenvalue weighted by molar-refractivity contribution is 0.0655. The van der Waals surface area contributed by atoms with E-state index >= 15 is 0 Å². The van der Waals surface area contributed by atoms with E-state index in [1.165, 1.54) is 11.1 Å². The highest BCUT2D eigenvalue weighted by atomic mass is 16.2. The van der Waals surface area contributed by atoms with Gasteiger partial charge in [0.15, 0.2) is 0 Å². The van der Waals surface area contributed by atoms with Gasteiger partial charge in [0, 0.05) is 25.6 Å². The third kappa shape index (κ3) is 3.59. The molecule has 1 aliphatic rings. The largest absolute Gasteiger partial charge is 0.336 e. The lowest BCUT2D eigenvalue weighted by Gasteiger charge is -2.44. The molecule has 1 amide bonds. The number of aryl methyl sites for hydroxylation is 1. The third-order valence-corrected chi connectivity index (χ3v) is 6.14. The number of rotatable bonds is 4. The number of benzene rings is 2. The molecule has 0 unspecified atom stereocenters. The highest BCUT2D eigenvalue weighted by Gasteiger charge is 2.40. The van der Waals surface area contributed by atoms with Crippen molar-refractivity contribution >= 4 is 5.91 Å². The summed E-state index contributed by atoms with van der Waals surface area (Å²) < 4.78 is 1.74. The van der Waals surface area contributed by atoms with Crippen LogP contribution in [0.1, 0.15) is 59.9 Å². The second-order valence-corrected chi connectivity index (χ2v) is 8.38. The highest BCUT2D eigenvalue weighted by Crippen LogP contribution is 2.40. The quantitative estimate of drug-likeness (QED) is 0.647. The van der Waals surface area contributed by atoms with Gasteiger partial charge in [-0.2, -0.15) is 5.10 Å². The first kappa shape index (κ1) is 19.4. The van der Waals surface area contributed by atoms with Gasteiger partial charge in [0.05, 0.1) is 5.69 Å². The van der Waals surface area contributed by atoms with Gasteiger partial charge < -0.3 is 4.90 Å². The van der Waals surface area contributed by atoms with Crippen molar-refractivity contribution in [3.05, 3.63) is 89.2 Å². The Morgan fingerprint density at radius 3 is 2.10 bits per heavy atom. The number of likely N-dealkylation sites (tertiary alicyclic amines) is 1. The molecule has 0 spiro atoms. The number of piperidine rings is 1. The van der Waals surface area contributed by atoms with E-state index in [1.807, 2.05) is 18.0 Å². The van der Waals surface area contributed by atoms with Gasteiger partial charge in [0.25, 0.3) is 5.91 Å². The fourth-order valence-corrected chi connectivity index (χ4v) is 4.51. The fraction of sp³-hybridized carbons (Fsp3) is 0.360. The van der Waals surface area contributed by atoms with Crippen LogP contribution >= 0.6 is 0 Å². The minimum atomic E-state index is -0.185. The summed E-state index contributed by atoms with van der Waals surface area (Å²) in [5, 5.41) is 4.55. The van der Waals surface area contributed by atoms with Crippen molar-refractivity contribution in [2.45, 2.75) is 38.0 Å². The molecule has 1 aliphatic heterocycles. The molecule has 0 aliphatic carbocycles. The summed E-state index contributed by atoms with van der Waals surface area (Å²) in [7, 11) is 1.87. The number of aromatic nitrogens is 2. The van der Waals surface area contributed by atoms with Gasteiger partial charge in [-0.15, -0.1) is 0 Å². The van der Waals surface area contributed by atoms with Gasteiger partial charge in [0.2, 0.25) is 0 Å². The standard InChI is InChI=1S/C25H29N3O/c1-19(2)22-17-23(27(3)26-22)24(29)28-16-10-15-25(18-28,20-11-6-4-7-12-20)21-13-8-5-9-14-21/h4-9,11-14,17,19H,10,15-16,18H2,1-3H3. The minimum absolute atomic E-state index is 0.0721. The normalized spacial score (nSPS) is 16.2. The number of carbonyl (C=O) groups excluding carboxylic acids is 1. The first-order chi connectivity index (χ1) is 14.0. The van der Waals surface area contributed by atoms with E-state index < -0.39 is 0 Å². The zero-order valence-corrected chi connectivity index (χ0v) is 17.5. The topological polar surface area (TPSA) is 38.1 Å². The first-order valence-electron chi connectivity index (χ1n) is 10.5. The van der Waals surface area contributed by atoms with E-state index in [2.05, 4.69) is 79.6 Å². The summed E-state index contributed by atoms with van der Waals surface area (Å²) in [6.07, 6.45) is 2.01. The van der Waals surface area contributed by atoms with E-state index in [4.69, 9.17) is 0 Å². The fourth-order valence-electron chi connectivity index (χ4n) is 4.51. The number of hydrogen-bond donors (Lipinski definition) is 0. The van der Waals surface area contributed by atoms with Crippen LogP contribution in [0.25, 0.3) is 0 Å². The molecule has 0 bridgehead atoms. The second kappa shape index (κ2) is 7.86. The Bertz CT molecular complexity index is 936. The summed E-state index contributed by atoms with van der Waals surface area (Å²) in [5.74, 6) is 0.375. The second-order valence-electron chi connectivity index (χ2n) is 8.38. The Morgan fingerprint density at radius 2 is 1.59 bits per heavy atom. The molecular formula is C25H29N3O. The summed E-state index contributed by atoms with van der Waals surface area (Å²) in [5.41, 5.74) is 4.00. The molecule has 3 aromatic rings. The van der Waals surface area contributed by atoms with Crippen LogP contribution in [0.3, 0.4) is 0 Å². The van der Waals surface area contributed by atoms with Gasteiger partial charge in [-0.05, 0) is 36.0 Å². The van der Waals surface area contributed by atoms with Crippen molar-refractivity contribution in [3.8, 4) is 0 Å². The lowest BCUT2D eigenvalue weighted by atomic mass is 9.69. The molecule has 0 atom stereocenters. The zero-order valence-electron chi connectivity index (χ0n) is 17.5. The third-order valence-electron chi connectivity index (χ3n) is 6.14. The first-order valence-corrected chi connectivity index (χ1v) is 10.5. The zero-order chi connectivity index (χ0) is 20.4. The summed E-state index contributed by atoms with van der Waals surface area (Å²) in [4.78, 5) is 15.5. The molecule has 4 nitrogen and oxygen atoms in total. The molecule has 4 rings (SSSR count). The molecule has 0 N–H and O–H groups in total. The van der Waals surface area contributed by atoms with Gasteiger partial charge in [-0.3, -0.25) is 9.48 Å². The highest BCUT2D eigenvalue weighted by molar-refractivity contribution is 5.93. The predicted octanol–water partition coefficient (Wildman–Crippen LogP) is 4.77. The molecular weight excluding hydrogens is 358 g/mol. The number of carbonyl (C=O) groups is 1. The molecule has 150 valence electrons. The van der Waals surface area contributed by atoms with Crippen molar-refractivity contribution in [2.24, 2.45) is 7.05 Å². The molecule has 1 saturated heterocycles. The van der Waals surface area contributed by atoms with Gasteiger partial charge in [0.1, 0.15) is 5.69 Å². The summed E-state index contributed by atoms with van der Waals surface area (Å²) in [6, 6.07) is 23.2. The van der Waals surface area contributed by atoms with E-state index in [9.17, 15) is 4.79 Å². The minimum Gasteiger partial charge on any atom is -0.336 e. The van der Waals surface area contributed by atoms with Crippen LogP contribution in [0.2, 0.25) is 0 Å². The average molecular weight is 388 g/mol. The van der Waals surface area contributed by atoms with Crippen LogP contribution in [0, 0.1) is 0 Å². The number of nitrogens with zero attached hydrogens (tertiary/aromatic N) is 3. The molecule has 0 saturated carbocycles. The molecule has 2 aromatic carbocycles. The summed E-state index contributed by atoms with van der Waals surface area (Å²) >= 11 is 0. The van der Waals surface area contributed by atoms with Crippen molar-refractivity contribution in [1.29, 1.82) is 0 Å². The molecule has 2 heterocycles. The van der Waals surface area contributed by atoms with Crippen LogP contribution in [0.5, 0.6) is 0 Å². The Hall–Kier alpha value is -2.88. The van der Waals surface area contributed by atoms with E-state index in [-0.39, 0.29) is 11.3 Å². The van der Waals surface area contributed by atoms with Crippen LogP contribution in [0.15, 0.2) is 66.7 Å². The van der Waals surface area contributed by atoms with Crippen molar-refractivity contribution < 1.29 is 4.79 Å². The Balaban J connectivity index is 1.72. The van der Waals surface area contributed by atoms with E-state index in [0.717, 1.165) is 25.1 Å². The Labute approximate surface area is 173 Å². The van der Waals surface area contributed by atoms with Crippen LogP contribution in [-0.4, -0.2) is 33.7 Å². The summed E-state index contributed by atoms with van der Waals surface area (Å²) in [6.45, 7) is 5.67. The maximum atomic E-state index is 13.5. The Morgan fingerprint density at radius 1 is 1.00 bits per heavy atom. The number of hydrogen-bond acceptors (Lipinski definition) is 2. The molecule has 1 fully saturated rings. The maximum Gasteiger partial charge on any atom is 0.272 e. The smallest absolute Gasteiger partial charge is 0.272 e. The average Bonchev–Trinajstić information content (AvgIpc) is 3.16. The molecule has 0 radical (unpaired) electrons. The van der Waals surface area contributed by atoms with E-state index in [0.29, 0.717) is 18.2 Å². The van der Waals surface area contributed by atoms with Gasteiger partial charge in [-0.25, -0.2) is 0 Å². The molecule has 1 aromatic heterocycles. The SMILES string of the molecule is CC(C)c1cc(C(=O)N2CCCC(c3ccccc3)(c3ccccc3)C2)n(C)n1. The van der Waals surface area contributed by atoms with Gasteiger partial charge in [-0.1, -0.05) is 74.5 Å². The molecule has 4 heteroatoms. The monoisotopic (exact) mass is 387 g/mol. The number of amides is 1. The van der Waals surface area contributed by atoms with Gasteiger partial charge >= 0.3 is 0 Å². The van der Waals surface area contributed by atoms with Crippen molar-refractivity contribution in [1.82, 2.24) is 14.7 Å². The van der Waals surface area contributed by atoms with E-state index in [1.54, 1.807) is 4.68 Å². The van der Waals surface area contributed by atoms with Crippen molar-refractivity contribution in [2.75, 3.05) is 13.1 Å². The maximum absolute atomic E-state index is 13.5. The predicted molar refractivity (Wildman–Crippen MR) is 116 cm³/mol. The van der Waals surface area contributed by atoms with Crippen LogP contribution in [-0.2, 0) is 12.5 Å². The lowest BCUT2D eigenvalue weighted by Crippen LogP contribution is -2.49. The molecule has 29 heavy (non-hydrogen) atoms. The van der Waals surface area contributed by atoms with Crippen molar-refractivity contribution in [3.63, 3.8) is 0 Å². The van der Waals surface area contributed by atoms with Crippen LogP contribution < -0.4 is 0 Å². The van der Waals surface area contributed by atoms with Crippen LogP contribution in [0.4, 0.5) is 0 Å². The Kier molecular flexibility index (Phi) is 5.27.